The molecule has 0 radical (unpaired) electrons. The number of halogens is 1. The second-order valence-corrected chi connectivity index (χ2v) is 4.15. The average molecular weight is 270 g/mol. The lowest BCUT2D eigenvalue weighted by Crippen LogP contribution is -2.13. The van der Waals surface area contributed by atoms with E-state index in [0.29, 0.717) is 5.13 Å². The van der Waals surface area contributed by atoms with Gasteiger partial charge in [-0.15, -0.1) is 0 Å². The normalized spacial score (nSPS) is 9.94. The number of benzene rings is 1. The topological polar surface area (TPSA) is 64.1 Å². The maximum atomic E-state index is 11.4. The maximum Gasteiger partial charge on any atom is 0.413 e. The van der Waals surface area contributed by atoms with Gasteiger partial charge in [-0.05, 0) is 17.2 Å². The van der Waals surface area contributed by atoms with E-state index in [1.807, 2.05) is 30.3 Å². The van der Waals surface area contributed by atoms with Crippen LogP contribution in [-0.4, -0.2) is 15.5 Å². The molecule has 7 heteroatoms. The summed E-state index contributed by atoms with van der Waals surface area (Å²) in [5.74, 6) is 0. The molecular formula is C10H8ClN3O2S. The second-order valence-electron chi connectivity index (χ2n) is 3.06. The summed E-state index contributed by atoms with van der Waals surface area (Å²) >= 11 is 6.51. The number of rotatable bonds is 3. The SMILES string of the molecule is O=C(Nc1nc(Cl)ns1)OCc1ccccc1. The molecule has 1 heterocycles. The summed E-state index contributed by atoms with van der Waals surface area (Å²) in [5.41, 5.74) is 0.915. The van der Waals surface area contributed by atoms with Gasteiger partial charge >= 0.3 is 6.09 Å². The Balaban J connectivity index is 1.82. The van der Waals surface area contributed by atoms with Gasteiger partial charge in [0.05, 0.1) is 0 Å². The molecule has 1 N–H and O–H groups in total. The van der Waals surface area contributed by atoms with Crippen LogP contribution < -0.4 is 5.32 Å². The first kappa shape index (κ1) is 11.8. The third-order valence-electron chi connectivity index (χ3n) is 1.82. The van der Waals surface area contributed by atoms with Gasteiger partial charge in [-0.3, -0.25) is 5.32 Å². The van der Waals surface area contributed by atoms with Crippen LogP contribution in [0.4, 0.5) is 9.93 Å². The monoisotopic (exact) mass is 269 g/mol. The molecule has 0 spiro atoms. The van der Waals surface area contributed by atoms with Gasteiger partial charge in [0.15, 0.2) is 0 Å². The number of carbonyl (C=O) groups excluding carboxylic acids is 1. The first-order valence-corrected chi connectivity index (χ1v) is 5.86. The molecule has 0 atom stereocenters. The van der Waals surface area contributed by atoms with Gasteiger partial charge in [0.2, 0.25) is 10.4 Å². The zero-order chi connectivity index (χ0) is 12.1. The summed E-state index contributed by atoms with van der Waals surface area (Å²) in [5, 5.41) is 2.85. The summed E-state index contributed by atoms with van der Waals surface area (Å²) in [6, 6.07) is 9.39. The molecule has 0 fully saturated rings. The van der Waals surface area contributed by atoms with E-state index in [4.69, 9.17) is 16.3 Å². The van der Waals surface area contributed by atoms with Crippen molar-refractivity contribution in [1.82, 2.24) is 9.36 Å². The van der Waals surface area contributed by atoms with Crippen LogP contribution in [0.3, 0.4) is 0 Å². The molecule has 1 aromatic heterocycles. The number of hydrogen-bond donors (Lipinski definition) is 1. The Hall–Kier alpha value is -1.66. The standard InChI is InChI=1S/C10H8ClN3O2S/c11-8-12-9(17-14-8)13-10(15)16-6-7-4-2-1-3-5-7/h1-5H,6H2,(H,12,13,14,15). The van der Waals surface area contributed by atoms with E-state index in [-0.39, 0.29) is 11.9 Å². The van der Waals surface area contributed by atoms with Crippen LogP contribution in [0.5, 0.6) is 0 Å². The minimum Gasteiger partial charge on any atom is -0.444 e. The molecule has 17 heavy (non-hydrogen) atoms. The highest BCUT2D eigenvalue weighted by Crippen LogP contribution is 2.14. The maximum absolute atomic E-state index is 11.4. The van der Waals surface area contributed by atoms with Crippen LogP contribution in [-0.2, 0) is 11.3 Å². The summed E-state index contributed by atoms with van der Waals surface area (Å²) in [6.07, 6.45) is -0.582. The summed E-state index contributed by atoms with van der Waals surface area (Å²) < 4.78 is 8.70. The molecule has 0 aliphatic rings. The number of aromatic nitrogens is 2. The van der Waals surface area contributed by atoms with Crippen molar-refractivity contribution < 1.29 is 9.53 Å². The quantitative estimate of drug-likeness (QED) is 0.930. The van der Waals surface area contributed by atoms with Gasteiger partial charge < -0.3 is 4.74 Å². The lowest BCUT2D eigenvalue weighted by Gasteiger charge is -2.04. The van der Waals surface area contributed by atoms with Crippen LogP contribution in [0.2, 0.25) is 5.28 Å². The molecule has 0 aliphatic heterocycles. The Labute approximate surface area is 107 Å². The van der Waals surface area contributed by atoms with Crippen molar-refractivity contribution in [3.05, 3.63) is 41.2 Å². The Morgan fingerprint density at radius 3 is 2.82 bits per heavy atom. The van der Waals surface area contributed by atoms with Crippen molar-refractivity contribution in [2.45, 2.75) is 6.61 Å². The van der Waals surface area contributed by atoms with E-state index >= 15 is 0 Å². The predicted molar refractivity (Wildman–Crippen MR) is 65.2 cm³/mol. The summed E-state index contributed by atoms with van der Waals surface area (Å²) in [7, 11) is 0. The van der Waals surface area contributed by atoms with E-state index in [1.165, 1.54) is 0 Å². The minimum absolute atomic E-state index is 0.105. The Morgan fingerprint density at radius 2 is 2.18 bits per heavy atom. The lowest BCUT2D eigenvalue weighted by atomic mass is 10.2. The second kappa shape index (κ2) is 5.60. The molecule has 1 amide bonds. The van der Waals surface area contributed by atoms with Crippen LogP contribution in [0.15, 0.2) is 30.3 Å². The largest absolute Gasteiger partial charge is 0.444 e. The molecule has 0 aliphatic carbocycles. The first-order chi connectivity index (χ1) is 8.24. The lowest BCUT2D eigenvalue weighted by molar-refractivity contribution is 0.155. The fourth-order valence-corrected chi connectivity index (χ4v) is 1.80. The molecule has 5 nitrogen and oxygen atoms in total. The van der Waals surface area contributed by atoms with E-state index in [1.54, 1.807) is 0 Å². The summed E-state index contributed by atoms with van der Waals surface area (Å²) in [4.78, 5) is 15.1. The Kier molecular flexibility index (Phi) is 3.89. The molecule has 0 bridgehead atoms. The molecular weight excluding hydrogens is 262 g/mol. The van der Waals surface area contributed by atoms with Gasteiger partial charge in [-0.2, -0.15) is 9.36 Å². The third kappa shape index (κ3) is 3.69. The molecule has 0 saturated heterocycles. The molecule has 1 aromatic carbocycles. The molecule has 88 valence electrons. The van der Waals surface area contributed by atoms with Crippen molar-refractivity contribution in [1.29, 1.82) is 0 Å². The number of hydrogen-bond acceptors (Lipinski definition) is 5. The smallest absolute Gasteiger partial charge is 0.413 e. The highest BCUT2D eigenvalue weighted by molar-refractivity contribution is 7.10. The molecule has 0 unspecified atom stereocenters. The highest BCUT2D eigenvalue weighted by atomic mass is 35.5. The number of carbonyl (C=O) groups is 1. The molecule has 2 aromatic rings. The third-order valence-corrected chi connectivity index (χ3v) is 2.72. The van der Waals surface area contributed by atoms with Crippen LogP contribution >= 0.6 is 23.1 Å². The minimum atomic E-state index is -0.582. The van der Waals surface area contributed by atoms with Gasteiger partial charge in [0.1, 0.15) is 6.61 Å². The first-order valence-electron chi connectivity index (χ1n) is 4.71. The van der Waals surface area contributed by atoms with Gasteiger partial charge in [0.25, 0.3) is 0 Å². The van der Waals surface area contributed by atoms with Crippen molar-refractivity contribution in [3.8, 4) is 0 Å². The average Bonchev–Trinajstić information content (AvgIpc) is 2.73. The molecule has 0 saturated carbocycles. The van der Waals surface area contributed by atoms with Gasteiger partial charge in [-0.1, -0.05) is 30.3 Å². The zero-order valence-corrected chi connectivity index (χ0v) is 10.2. The molecule has 2 rings (SSSR count). The summed E-state index contributed by atoms with van der Waals surface area (Å²) in [6.45, 7) is 0.208. The Bertz CT molecular complexity index is 503. The van der Waals surface area contributed by atoms with Crippen LogP contribution in [0.1, 0.15) is 5.56 Å². The van der Waals surface area contributed by atoms with Crippen LogP contribution in [0, 0.1) is 0 Å². The number of anilines is 1. The van der Waals surface area contributed by atoms with Crippen molar-refractivity contribution >= 4 is 34.4 Å². The van der Waals surface area contributed by atoms with Crippen LogP contribution in [0.25, 0.3) is 0 Å². The predicted octanol–water partition coefficient (Wildman–Crippen LogP) is 2.94. The van der Waals surface area contributed by atoms with Crippen molar-refractivity contribution in [2.75, 3.05) is 5.32 Å². The number of amides is 1. The van der Waals surface area contributed by atoms with Crippen molar-refractivity contribution in [2.24, 2.45) is 0 Å². The Morgan fingerprint density at radius 1 is 1.41 bits per heavy atom. The number of ether oxygens (including phenoxy) is 1. The number of nitrogens with one attached hydrogen (secondary N) is 1. The fourth-order valence-electron chi connectivity index (χ4n) is 1.10. The highest BCUT2D eigenvalue weighted by Gasteiger charge is 2.07. The van der Waals surface area contributed by atoms with E-state index in [0.717, 1.165) is 17.1 Å². The van der Waals surface area contributed by atoms with Crippen molar-refractivity contribution in [3.63, 3.8) is 0 Å². The van der Waals surface area contributed by atoms with E-state index in [9.17, 15) is 4.79 Å². The number of nitrogens with zero attached hydrogens (tertiary/aromatic N) is 2. The fraction of sp³-hybridized carbons (Fsp3) is 0.100. The van der Waals surface area contributed by atoms with Gasteiger partial charge in [-0.25, -0.2) is 4.79 Å². The van der Waals surface area contributed by atoms with Gasteiger partial charge in [0, 0.05) is 11.5 Å². The van der Waals surface area contributed by atoms with E-state index in [2.05, 4.69) is 14.7 Å². The van der Waals surface area contributed by atoms with E-state index < -0.39 is 6.09 Å². The zero-order valence-electron chi connectivity index (χ0n) is 8.59.